The van der Waals surface area contributed by atoms with Gasteiger partial charge in [0.15, 0.2) is 0 Å². The zero-order chi connectivity index (χ0) is 19.6. The van der Waals surface area contributed by atoms with Crippen molar-refractivity contribution >= 4 is 23.3 Å². The third-order valence-electron chi connectivity index (χ3n) is 5.10. The summed E-state index contributed by atoms with van der Waals surface area (Å²) in [5.74, 6) is 0.487. The molecule has 2 aromatic carbocycles. The Hall–Kier alpha value is -3.52. The molecule has 5 rings (SSSR count). The van der Waals surface area contributed by atoms with E-state index in [1.54, 1.807) is 0 Å². The lowest BCUT2D eigenvalue weighted by atomic mass is 10.0. The fourth-order valence-electron chi connectivity index (χ4n) is 3.62. The van der Waals surface area contributed by atoms with Gasteiger partial charge in [-0.25, -0.2) is 4.99 Å². The van der Waals surface area contributed by atoms with Crippen LogP contribution in [0.25, 0.3) is 0 Å². The molecule has 0 spiro atoms. The highest BCUT2D eigenvalue weighted by molar-refractivity contribution is 6.19. The van der Waals surface area contributed by atoms with Gasteiger partial charge in [-0.05, 0) is 19.0 Å². The van der Waals surface area contributed by atoms with Gasteiger partial charge >= 0.3 is 6.01 Å². The molecule has 3 heterocycles. The van der Waals surface area contributed by atoms with Crippen molar-refractivity contribution in [3.63, 3.8) is 0 Å². The van der Waals surface area contributed by atoms with Gasteiger partial charge in [-0.15, -0.1) is 5.10 Å². The van der Waals surface area contributed by atoms with Crippen LogP contribution in [0.3, 0.4) is 0 Å². The summed E-state index contributed by atoms with van der Waals surface area (Å²) in [6, 6.07) is 17.6. The number of para-hydroxylation sites is 1. The first-order valence-electron chi connectivity index (χ1n) is 9.62. The average molecular weight is 388 g/mol. The maximum absolute atomic E-state index is 12.8. The van der Waals surface area contributed by atoms with E-state index in [1.807, 2.05) is 54.6 Å². The molecular weight excluding hydrogens is 368 g/mol. The Morgan fingerprint density at radius 2 is 1.86 bits per heavy atom. The molecule has 0 radical (unpaired) electrons. The lowest BCUT2D eigenvalue weighted by Crippen LogP contribution is -2.32. The molecule has 29 heavy (non-hydrogen) atoms. The largest absolute Gasteiger partial charge is 0.408 e. The number of aliphatic imine (C=N–C) groups is 1. The standard InChI is InChI=1S/C21H20N6O2/c28-19-18(25-21-27-26-20(29-21)14-10-11-22-12-14)24-17(13-6-2-1-3-7-13)15-8-4-5-9-16(15)23-19/h1-9,14,18,22H,10-12H2,(H,23,28)(H,25,27)/t14?,18-/m1/s1. The Morgan fingerprint density at radius 3 is 2.69 bits per heavy atom. The summed E-state index contributed by atoms with van der Waals surface area (Å²) in [5, 5.41) is 17.4. The van der Waals surface area contributed by atoms with Gasteiger partial charge in [-0.3, -0.25) is 4.79 Å². The molecule has 8 heteroatoms. The second-order valence-electron chi connectivity index (χ2n) is 7.06. The van der Waals surface area contributed by atoms with Gasteiger partial charge in [0.25, 0.3) is 5.91 Å². The van der Waals surface area contributed by atoms with Gasteiger partial charge < -0.3 is 20.4 Å². The maximum Gasteiger partial charge on any atom is 0.317 e. The highest BCUT2D eigenvalue weighted by Crippen LogP contribution is 2.26. The Kier molecular flexibility index (Phi) is 4.53. The van der Waals surface area contributed by atoms with E-state index >= 15 is 0 Å². The molecule has 3 N–H and O–H groups in total. The molecule has 0 bridgehead atoms. The third-order valence-corrected chi connectivity index (χ3v) is 5.10. The number of carbonyl (C=O) groups excluding carboxylic acids is 1. The molecule has 0 saturated carbocycles. The van der Waals surface area contributed by atoms with E-state index in [0.29, 0.717) is 11.6 Å². The van der Waals surface area contributed by atoms with Crippen LogP contribution in [0.15, 0.2) is 64.0 Å². The first-order valence-corrected chi connectivity index (χ1v) is 9.62. The van der Waals surface area contributed by atoms with Crippen LogP contribution in [0.5, 0.6) is 0 Å². The van der Waals surface area contributed by atoms with E-state index in [2.05, 4.69) is 26.1 Å². The van der Waals surface area contributed by atoms with Crippen LogP contribution in [0.2, 0.25) is 0 Å². The summed E-state index contributed by atoms with van der Waals surface area (Å²) in [6.45, 7) is 1.75. The number of carbonyl (C=O) groups is 1. The van der Waals surface area contributed by atoms with Crippen molar-refractivity contribution in [3.05, 3.63) is 71.6 Å². The van der Waals surface area contributed by atoms with Crippen molar-refractivity contribution in [1.82, 2.24) is 15.5 Å². The number of nitrogens with one attached hydrogen (secondary N) is 3. The van der Waals surface area contributed by atoms with E-state index in [1.165, 1.54) is 0 Å². The van der Waals surface area contributed by atoms with Crippen LogP contribution in [-0.4, -0.2) is 41.1 Å². The van der Waals surface area contributed by atoms with E-state index in [4.69, 9.17) is 9.41 Å². The third kappa shape index (κ3) is 3.50. The molecule has 1 saturated heterocycles. The van der Waals surface area contributed by atoms with Crippen LogP contribution >= 0.6 is 0 Å². The lowest BCUT2D eigenvalue weighted by molar-refractivity contribution is -0.116. The Bertz CT molecular complexity index is 1060. The van der Waals surface area contributed by atoms with Crippen LogP contribution in [0.1, 0.15) is 29.4 Å². The normalized spacial score (nSPS) is 21.1. The average Bonchev–Trinajstić information content (AvgIpc) is 3.42. The topological polar surface area (TPSA) is 104 Å². The molecule has 1 fully saturated rings. The fourth-order valence-corrected chi connectivity index (χ4v) is 3.62. The van der Waals surface area contributed by atoms with Crippen molar-refractivity contribution in [2.45, 2.75) is 18.5 Å². The Morgan fingerprint density at radius 1 is 1.03 bits per heavy atom. The number of benzodiazepines with no additional fused rings is 1. The molecule has 8 nitrogen and oxygen atoms in total. The number of benzene rings is 2. The highest BCUT2D eigenvalue weighted by atomic mass is 16.4. The lowest BCUT2D eigenvalue weighted by Gasteiger charge is -2.11. The number of fused-ring (bicyclic) bond motifs is 1. The number of amides is 1. The minimum absolute atomic E-state index is 0.189. The minimum atomic E-state index is -0.896. The SMILES string of the molecule is O=C1Nc2ccccc2C(c2ccccc2)=N[C@@H]1Nc1nnc(C2CCNC2)o1. The maximum atomic E-state index is 12.8. The minimum Gasteiger partial charge on any atom is -0.408 e. The van der Waals surface area contributed by atoms with Crippen LogP contribution in [-0.2, 0) is 4.79 Å². The van der Waals surface area contributed by atoms with Gasteiger partial charge in [-0.2, -0.15) is 0 Å². The number of hydrogen-bond donors (Lipinski definition) is 3. The summed E-state index contributed by atoms with van der Waals surface area (Å²) in [6.07, 6.45) is 0.0598. The number of rotatable bonds is 4. The summed E-state index contributed by atoms with van der Waals surface area (Å²) in [4.78, 5) is 17.6. The zero-order valence-corrected chi connectivity index (χ0v) is 15.6. The van der Waals surface area contributed by atoms with Gasteiger partial charge in [0, 0.05) is 17.7 Å². The fraction of sp³-hybridized carbons (Fsp3) is 0.238. The van der Waals surface area contributed by atoms with Gasteiger partial charge in [0.1, 0.15) is 0 Å². The van der Waals surface area contributed by atoms with Crippen LogP contribution in [0.4, 0.5) is 11.7 Å². The number of anilines is 2. The predicted molar refractivity (Wildman–Crippen MR) is 109 cm³/mol. The molecule has 0 aliphatic carbocycles. The first-order chi connectivity index (χ1) is 14.3. The molecule has 1 amide bonds. The summed E-state index contributed by atoms with van der Waals surface area (Å²) in [7, 11) is 0. The van der Waals surface area contributed by atoms with E-state index in [0.717, 1.165) is 36.3 Å². The molecule has 1 unspecified atom stereocenters. The van der Waals surface area contributed by atoms with Gasteiger partial charge in [-0.1, -0.05) is 53.6 Å². The molecule has 2 aliphatic heterocycles. The smallest absolute Gasteiger partial charge is 0.317 e. The molecule has 3 aromatic rings. The monoisotopic (exact) mass is 388 g/mol. The predicted octanol–water partition coefficient (Wildman–Crippen LogP) is 2.37. The number of hydrogen-bond acceptors (Lipinski definition) is 7. The first kappa shape index (κ1) is 17.6. The highest BCUT2D eigenvalue weighted by Gasteiger charge is 2.28. The van der Waals surface area contributed by atoms with Crippen LogP contribution < -0.4 is 16.0 Å². The van der Waals surface area contributed by atoms with Crippen molar-refractivity contribution < 1.29 is 9.21 Å². The van der Waals surface area contributed by atoms with Crippen molar-refractivity contribution in [3.8, 4) is 0 Å². The zero-order valence-electron chi connectivity index (χ0n) is 15.6. The van der Waals surface area contributed by atoms with Crippen molar-refractivity contribution in [2.24, 2.45) is 4.99 Å². The van der Waals surface area contributed by atoms with Crippen molar-refractivity contribution in [2.75, 3.05) is 23.7 Å². The summed E-state index contributed by atoms with van der Waals surface area (Å²) in [5.41, 5.74) is 3.22. The Balaban J connectivity index is 1.49. The second-order valence-corrected chi connectivity index (χ2v) is 7.06. The van der Waals surface area contributed by atoms with Gasteiger partial charge in [0.2, 0.25) is 12.1 Å². The quantitative estimate of drug-likeness (QED) is 0.634. The molecule has 1 aromatic heterocycles. The molecule has 2 aliphatic rings. The van der Waals surface area contributed by atoms with E-state index < -0.39 is 6.17 Å². The van der Waals surface area contributed by atoms with Crippen LogP contribution in [0, 0.1) is 0 Å². The van der Waals surface area contributed by atoms with E-state index in [9.17, 15) is 4.79 Å². The molecular formula is C21H20N6O2. The number of aromatic nitrogens is 2. The van der Waals surface area contributed by atoms with E-state index in [-0.39, 0.29) is 17.8 Å². The summed E-state index contributed by atoms with van der Waals surface area (Å²) >= 11 is 0. The number of nitrogens with zero attached hydrogens (tertiary/aromatic N) is 3. The molecule has 146 valence electrons. The van der Waals surface area contributed by atoms with Crippen molar-refractivity contribution in [1.29, 1.82) is 0 Å². The Labute approximate surface area is 167 Å². The second kappa shape index (κ2) is 7.48. The molecule has 2 atom stereocenters. The summed E-state index contributed by atoms with van der Waals surface area (Å²) < 4.78 is 5.75. The van der Waals surface area contributed by atoms with Gasteiger partial charge in [0.05, 0.1) is 17.3 Å².